The Balaban J connectivity index is 2.85. The standard InChI is InChI=1S/C10H7ClN2O3/c1-4-2-6-7(3-5(4)11)12-8(10(15)16)9(14)13-6/h2-3H,1H3,(H,13,14)(H,15,16). The fourth-order valence-electron chi connectivity index (χ4n) is 1.36. The summed E-state index contributed by atoms with van der Waals surface area (Å²) in [6.45, 7) is 1.78. The molecule has 0 aliphatic carbocycles. The number of aryl methyl sites for hydroxylation is 1. The second-order valence-corrected chi connectivity index (χ2v) is 3.75. The van der Waals surface area contributed by atoms with Crippen molar-refractivity contribution < 1.29 is 9.90 Å². The van der Waals surface area contributed by atoms with E-state index in [0.29, 0.717) is 16.1 Å². The van der Waals surface area contributed by atoms with E-state index < -0.39 is 17.2 Å². The summed E-state index contributed by atoms with van der Waals surface area (Å²) in [7, 11) is 0. The number of aromatic carboxylic acids is 1. The van der Waals surface area contributed by atoms with Crippen LogP contribution in [0.25, 0.3) is 11.0 Å². The van der Waals surface area contributed by atoms with Crippen molar-refractivity contribution >= 4 is 28.6 Å². The summed E-state index contributed by atoms with van der Waals surface area (Å²) in [6.07, 6.45) is 0. The minimum absolute atomic E-state index is 0.354. The van der Waals surface area contributed by atoms with E-state index in [9.17, 15) is 9.59 Å². The van der Waals surface area contributed by atoms with Gasteiger partial charge in [0.2, 0.25) is 5.69 Å². The van der Waals surface area contributed by atoms with Crippen LogP contribution >= 0.6 is 11.6 Å². The summed E-state index contributed by atoms with van der Waals surface area (Å²) in [6, 6.07) is 3.17. The zero-order valence-corrected chi connectivity index (χ0v) is 9.00. The number of hydrogen-bond donors (Lipinski definition) is 2. The van der Waals surface area contributed by atoms with Gasteiger partial charge in [-0.1, -0.05) is 11.6 Å². The minimum Gasteiger partial charge on any atom is -0.476 e. The van der Waals surface area contributed by atoms with Gasteiger partial charge in [0, 0.05) is 5.02 Å². The van der Waals surface area contributed by atoms with Gasteiger partial charge in [-0.3, -0.25) is 4.79 Å². The Kier molecular flexibility index (Phi) is 2.40. The average molecular weight is 239 g/mol. The van der Waals surface area contributed by atoms with Gasteiger partial charge in [-0.05, 0) is 24.6 Å². The van der Waals surface area contributed by atoms with Crippen LogP contribution in [0, 0.1) is 6.92 Å². The van der Waals surface area contributed by atoms with Gasteiger partial charge in [-0.15, -0.1) is 0 Å². The highest BCUT2D eigenvalue weighted by molar-refractivity contribution is 6.32. The van der Waals surface area contributed by atoms with Gasteiger partial charge in [0.1, 0.15) is 0 Å². The number of benzene rings is 1. The Morgan fingerprint density at radius 2 is 2.19 bits per heavy atom. The number of aromatic nitrogens is 2. The van der Waals surface area contributed by atoms with E-state index >= 15 is 0 Å². The molecule has 0 spiro atoms. The quantitative estimate of drug-likeness (QED) is 0.790. The van der Waals surface area contributed by atoms with Crippen molar-refractivity contribution in [1.82, 2.24) is 9.97 Å². The highest BCUT2D eigenvalue weighted by atomic mass is 35.5. The first kappa shape index (κ1) is 10.6. The lowest BCUT2D eigenvalue weighted by atomic mass is 10.2. The van der Waals surface area contributed by atoms with Crippen LogP contribution in [0.2, 0.25) is 5.02 Å². The number of hydrogen-bond acceptors (Lipinski definition) is 3. The highest BCUT2D eigenvalue weighted by Crippen LogP contribution is 2.20. The number of aromatic amines is 1. The maximum absolute atomic E-state index is 11.3. The van der Waals surface area contributed by atoms with Crippen molar-refractivity contribution in [1.29, 1.82) is 0 Å². The summed E-state index contributed by atoms with van der Waals surface area (Å²) < 4.78 is 0. The van der Waals surface area contributed by atoms with Crippen molar-refractivity contribution in [3.63, 3.8) is 0 Å². The van der Waals surface area contributed by atoms with E-state index in [1.165, 1.54) is 6.07 Å². The third-order valence-corrected chi connectivity index (χ3v) is 2.58. The first-order chi connectivity index (χ1) is 7.49. The summed E-state index contributed by atoms with van der Waals surface area (Å²) in [5.41, 5.74) is 0.355. The number of halogens is 1. The minimum atomic E-state index is -1.36. The van der Waals surface area contributed by atoms with E-state index in [4.69, 9.17) is 16.7 Å². The number of H-pyrrole nitrogens is 1. The van der Waals surface area contributed by atoms with Gasteiger partial charge in [0.15, 0.2) is 0 Å². The molecule has 0 radical (unpaired) electrons. The molecule has 0 bridgehead atoms. The third-order valence-electron chi connectivity index (χ3n) is 2.18. The number of nitrogens with zero attached hydrogens (tertiary/aromatic N) is 1. The van der Waals surface area contributed by atoms with Gasteiger partial charge < -0.3 is 10.1 Å². The molecule has 2 rings (SSSR count). The third kappa shape index (κ3) is 1.65. The molecular formula is C10H7ClN2O3. The van der Waals surface area contributed by atoms with E-state index in [1.54, 1.807) is 13.0 Å². The normalized spacial score (nSPS) is 10.6. The molecular weight excluding hydrogens is 232 g/mol. The predicted octanol–water partition coefficient (Wildman–Crippen LogP) is 1.58. The number of carboxylic acids is 1. The number of fused-ring (bicyclic) bond motifs is 1. The van der Waals surface area contributed by atoms with Gasteiger partial charge in [-0.2, -0.15) is 0 Å². The molecule has 0 aliphatic heterocycles. The van der Waals surface area contributed by atoms with Crippen LogP contribution in [0.5, 0.6) is 0 Å². The second-order valence-electron chi connectivity index (χ2n) is 3.34. The molecule has 1 aromatic carbocycles. The average Bonchev–Trinajstić information content (AvgIpc) is 2.19. The Hall–Kier alpha value is -1.88. The van der Waals surface area contributed by atoms with E-state index in [2.05, 4.69) is 9.97 Å². The molecule has 0 atom stereocenters. The van der Waals surface area contributed by atoms with Crippen LogP contribution in [-0.2, 0) is 0 Å². The molecule has 0 saturated heterocycles. The van der Waals surface area contributed by atoms with Crippen LogP contribution in [0.3, 0.4) is 0 Å². The van der Waals surface area contributed by atoms with Gasteiger partial charge in [0.25, 0.3) is 5.56 Å². The first-order valence-electron chi connectivity index (χ1n) is 4.42. The Labute approximate surface area is 94.7 Å². The van der Waals surface area contributed by atoms with Crippen LogP contribution < -0.4 is 5.56 Å². The molecule has 0 fully saturated rings. The van der Waals surface area contributed by atoms with E-state index in [1.807, 2.05) is 0 Å². The highest BCUT2D eigenvalue weighted by Gasteiger charge is 2.12. The number of nitrogens with one attached hydrogen (secondary N) is 1. The molecule has 5 nitrogen and oxygen atoms in total. The Morgan fingerprint density at radius 1 is 1.50 bits per heavy atom. The SMILES string of the molecule is Cc1cc2[nH]c(=O)c(C(=O)O)nc2cc1Cl. The Bertz CT molecular complexity index is 648. The first-order valence-corrected chi connectivity index (χ1v) is 4.80. The number of carbonyl (C=O) groups is 1. The lowest BCUT2D eigenvalue weighted by Gasteiger charge is -2.02. The predicted molar refractivity (Wildman–Crippen MR) is 59.1 cm³/mol. The van der Waals surface area contributed by atoms with Gasteiger partial charge in [-0.25, -0.2) is 9.78 Å². The van der Waals surface area contributed by atoms with Crippen molar-refractivity contribution in [3.8, 4) is 0 Å². The largest absolute Gasteiger partial charge is 0.476 e. The Morgan fingerprint density at radius 3 is 2.81 bits per heavy atom. The van der Waals surface area contributed by atoms with Crippen LogP contribution in [0.1, 0.15) is 16.1 Å². The van der Waals surface area contributed by atoms with Crippen molar-refractivity contribution in [2.45, 2.75) is 6.92 Å². The maximum Gasteiger partial charge on any atom is 0.360 e. The lowest BCUT2D eigenvalue weighted by Crippen LogP contribution is -2.19. The lowest BCUT2D eigenvalue weighted by molar-refractivity contribution is 0.0689. The smallest absolute Gasteiger partial charge is 0.360 e. The molecule has 0 saturated carbocycles. The molecule has 16 heavy (non-hydrogen) atoms. The fourth-order valence-corrected chi connectivity index (χ4v) is 1.52. The zero-order chi connectivity index (χ0) is 11.9. The summed E-state index contributed by atoms with van der Waals surface area (Å²) in [4.78, 5) is 28.2. The number of carboxylic acid groups (broad SMARTS) is 1. The topological polar surface area (TPSA) is 83.0 Å². The fraction of sp³-hybridized carbons (Fsp3) is 0.100. The molecule has 6 heteroatoms. The monoisotopic (exact) mass is 238 g/mol. The molecule has 1 aromatic heterocycles. The van der Waals surface area contributed by atoms with E-state index in [-0.39, 0.29) is 0 Å². The zero-order valence-electron chi connectivity index (χ0n) is 8.24. The molecule has 0 amide bonds. The van der Waals surface area contributed by atoms with Crippen molar-refractivity contribution in [2.24, 2.45) is 0 Å². The second kappa shape index (κ2) is 3.61. The molecule has 2 N–H and O–H groups in total. The summed E-state index contributed by atoms with van der Waals surface area (Å²) >= 11 is 5.88. The summed E-state index contributed by atoms with van der Waals surface area (Å²) in [5, 5.41) is 9.21. The molecule has 82 valence electrons. The van der Waals surface area contributed by atoms with E-state index in [0.717, 1.165) is 5.56 Å². The maximum atomic E-state index is 11.3. The molecule has 2 aromatic rings. The van der Waals surface area contributed by atoms with Gasteiger partial charge in [0.05, 0.1) is 11.0 Å². The number of rotatable bonds is 1. The van der Waals surface area contributed by atoms with Crippen molar-refractivity contribution in [2.75, 3.05) is 0 Å². The van der Waals surface area contributed by atoms with Gasteiger partial charge >= 0.3 is 5.97 Å². The van der Waals surface area contributed by atoms with Crippen LogP contribution in [0.15, 0.2) is 16.9 Å². The molecule has 0 unspecified atom stereocenters. The van der Waals surface area contributed by atoms with Crippen molar-refractivity contribution in [3.05, 3.63) is 38.8 Å². The molecule has 1 heterocycles. The molecule has 0 aliphatic rings. The van der Waals surface area contributed by atoms with Crippen LogP contribution in [0.4, 0.5) is 0 Å². The summed E-state index contributed by atoms with van der Waals surface area (Å²) in [5.74, 6) is -1.36. The van der Waals surface area contributed by atoms with Crippen LogP contribution in [-0.4, -0.2) is 21.0 Å².